The van der Waals surface area contributed by atoms with E-state index < -0.39 is 5.54 Å². The number of guanidine groups is 1. The molecule has 1 aromatic heterocycles. The summed E-state index contributed by atoms with van der Waals surface area (Å²) in [6.45, 7) is 5.82. The maximum Gasteiger partial charge on any atom is 0.241 e. The lowest BCUT2D eigenvalue weighted by Gasteiger charge is -2.36. The molecule has 0 unspecified atom stereocenters. The molecule has 2 N–H and O–H groups in total. The van der Waals surface area contributed by atoms with Crippen molar-refractivity contribution in [2.45, 2.75) is 26.3 Å². The number of aromatic nitrogens is 1. The van der Waals surface area contributed by atoms with Crippen LogP contribution in [0.15, 0.2) is 17.1 Å². The molecule has 0 aliphatic rings. The van der Waals surface area contributed by atoms with Crippen molar-refractivity contribution in [3.8, 4) is 18.0 Å². The molecule has 0 aromatic carbocycles. The van der Waals surface area contributed by atoms with Crippen molar-refractivity contribution in [1.82, 2.24) is 4.98 Å². The van der Waals surface area contributed by atoms with Crippen molar-refractivity contribution < 1.29 is 9.47 Å². The molecular weight excluding hydrogens is 258 g/mol. The third-order valence-corrected chi connectivity index (χ3v) is 2.52. The fourth-order valence-electron chi connectivity index (χ4n) is 1.78. The lowest BCUT2D eigenvalue weighted by molar-refractivity contribution is 0.363. The zero-order valence-corrected chi connectivity index (χ0v) is 12.3. The molecule has 0 aliphatic heterocycles. The number of pyridine rings is 1. The van der Waals surface area contributed by atoms with Gasteiger partial charge in [-0.05, 0) is 26.8 Å². The van der Waals surface area contributed by atoms with Crippen molar-refractivity contribution in [3.05, 3.63) is 12.1 Å². The molecule has 0 spiro atoms. The Bertz CT molecular complexity index is 543. The van der Waals surface area contributed by atoms with Crippen molar-refractivity contribution >= 4 is 11.6 Å². The molecule has 1 aromatic rings. The van der Waals surface area contributed by atoms with Crippen LogP contribution in [0.3, 0.4) is 0 Å². The lowest BCUT2D eigenvalue weighted by Crippen LogP contribution is -2.49. The van der Waals surface area contributed by atoms with Crippen molar-refractivity contribution in [3.63, 3.8) is 0 Å². The molecular formula is C13H19N5O2. The van der Waals surface area contributed by atoms with E-state index in [9.17, 15) is 0 Å². The summed E-state index contributed by atoms with van der Waals surface area (Å²) in [4.78, 5) is 9.49. The number of rotatable bonds is 3. The molecule has 0 saturated heterocycles. The topological polar surface area (TPSA) is 96.8 Å². The maximum atomic E-state index is 8.70. The third kappa shape index (κ3) is 3.29. The smallest absolute Gasteiger partial charge is 0.241 e. The quantitative estimate of drug-likeness (QED) is 0.511. The minimum Gasteiger partial charge on any atom is -0.481 e. The number of anilines is 1. The Labute approximate surface area is 118 Å². The molecule has 108 valence electrons. The van der Waals surface area contributed by atoms with Crippen molar-refractivity contribution in [1.29, 1.82) is 5.26 Å². The fourth-order valence-corrected chi connectivity index (χ4v) is 1.78. The highest BCUT2D eigenvalue weighted by Gasteiger charge is 2.28. The van der Waals surface area contributed by atoms with Crippen LogP contribution in [0.1, 0.15) is 20.8 Å². The molecule has 0 amide bonds. The molecule has 1 rings (SSSR count). The van der Waals surface area contributed by atoms with Gasteiger partial charge in [0.1, 0.15) is 5.69 Å². The van der Waals surface area contributed by atoms with E-state index in [0.29, 0.717) is 17.4 Å². The van der Waals surface area contributed by atoms with Gasteiger partial charge in [-0.25, -0.2) is 0 Å². The Hall–Kier alpha value is -2.49. The third-order valence-electron chi connectivity index (χ3n) is 2.52. The molecule has 0 aliphatic carbocycles. The molecule has 7 heteroatoms. The SMILES string of the molecule is COc1ccc(N(C(N)=NC#N)C(C)(C)C)c(OC)n1. The number of hydrogen-bond donors (Lipinski definition) is 1. The molecule has 20 heavy (non-hydrogen) atoms. The van der Waals surface area contributed by atoms with Crippen LogP contribution in [0, 0.1) is 11.5 Å². The van der Waals surface area contributed by atoms with E-state index in [-0.39, 0.29) is 5.96 Å². The van der Waals surface area contributed by atoms with Gasteiger partial charge in [0, 0.05) is 11.6 Å². The van der Waals surface area contributed by atoms with Gasteiger partial charge >= 0.3 is 0 Å². The molecule has 0 bridgehead atoms. The van der Waals surface area contributed by atoms with Gasteiger partial charge in [0.05, 0.1) is 14.2 Å². The predicted octanol–water partition coefficient (Wildman–Crippen LogP) is 1.50. The first-order valence-corrected chi connectivity index (χ1v) is 5.96. The van der Waals surface area contributed by atoms with Crippen molar-refractivity contribution in [2.24, 2.45) is 10.7 Å². The van der Waals surface area contributed by atoms with Gasteiger partial charge in [0.2, 0.25) is 23.9 Å². The summed E-state index contributed by atoms with van der Waals surface area (Å²) >= 11 is 0. The van der Waals surface area contributed by atoms with E-state index in [0.717, 1.165) is 0 Å². The number of nitrogens with two attached hydrogens (primary N) is 1. The summed E-state index contributed by atoms with van der Waals surface area (Å²) in [5.41, 5.74) is 6.08. The number of aliphatic imine (C=N–C) groups is 1. The summed E-state index contributed by atoms with van der Waals surface area (Å²) in [7, 11) is 3.03. The van der Waals surface area contributed by atoms with Gasteiger partial charge in [-0.1, -0.05) is 0 Å². The Morgan fingerprint density at radius 3 is 2.45 bits per heavy atom. The summed E-state index contributed by atoms with van der Waals surface area (Å²) in [5.74, 6) is 0.843. The lowest BCUT2D eigenvalue weighted by atomic mass is 10.1. The Morgan fingerprint density at radius 2 is 2.00 bits per heavy atom. The number of nitrogens with zero attached hydrogens (tertiary/aromatic N) is 4. The van der Waals surface area contributed by atoms with Gasteiger partial charge in [-0.15, -0.1) is 4.99 Å². The zero-order valence-electron chi connectivity index (χ0n) is 12.3. The first kappa shape index (κ1) is 15.6. The van der Waals surface area contributed by atoms with Gasteiger partial charge in [0.15, 0.2) is 0 Å². The minimum absolute atomic E-state index is 0.0743. The molecule has 1 heterocycles. The van der Waals surface area contributed by atoms with Crippen LogP contribution in [0.2, 0.25) is 0 Å². The van der Waals surface area contributed by atoms with Crippen LogP contribution < -0.4 is 20.1 Å². The first-order valence-electron chi connectivity index (χ1n) is 5.96. The van der Waals surface area contributed by atoms with Crippen LogP contribution in [-0.2, 0) is 0 Å². The first-order chi connectivity index (χ1) is 9.35. The average molecular weight is 277 g/mol. The van der Waals surface area contributed by atoms with Crippen LogP contribution in [0.25, 0.3) is 0 Å². The monoisotopic (exact) mass is 277 g/mol. The van der Waals surface area contributed by atoms with Gasteiger partial charge in [0.25, 0.3) is 0 Å². The van der Waals surface area contributed by atoms with E-state index in [1.165, 1.54) is 14.2 Å². The van der Waals surface area contributed by atoms with Crippen LogP contribution in [-0.4, -0.2) is 30.7 Å². The molecule has 0 fully saturated rings. The highest BCUT2D eigenvalue weighted by Crippen LogP contribution is 2.33. The highest BCUT2D eigenvalue weighted by atomic mass is 16.5. The molecule has 7 nitrogen and oxygen atoms in total. The van der Waals surface area contributed by atoms with Gasteiger partial charge in [-0.3, -0.25) is 0 Å². The Morgan fingerprint density at radius 1 is 1.35 bits per heavy atom. The molecule has 0 radical (unpaired) electrons. The average Bonchev–Trinajstić information content (AvgIpc) is 2.38. The van der Waals surface area contributed by atoms with Crippen LogP contribution >= 0.6 is 0 Å². The second kappa shape index (κ2) is 6.10. The van der Waals surface area contributed by atoms with Crippen LogP contribution in [0.4, 0.5) is 5.69 Å². The normalized spacial score (nSPS) is 11.7. The van der Waals surface area contributed by atoms with Crippen molar-refractivity contribution in [2.75, 3.05) is 19.1 Å². The number of methoxy groups -OCH3 is 2. The minimum atomic E-state index is -0.409. The van der Waals surface area contributed by atoms with E-state index in [1.54, 1.807) is 23.2 Å². The van der Waals surface area contributed by atoms with E-state index in [2.05, 4.69) is 9.98 Å². The maximum absolute atomic E-state index is 8.70. The zero-order chi connectivity index (χ0) is 15.3. The predicted molar refractivity (Wildman–Crippen MR) is 76.8 cm³/mol. The summed E-state index contributed by atoms with van der Waals surface area (Å²) in [6, 6.07) is 3.45. The summed E-state index contributed by atoms with van der Waals surface area (Å²) < 4.78 is 10.3. The highest BCUT2D eigenvalue weighted by molar-refractivity contribution is 5.97. The second-order valence-corrected chi connectivity index (χ2v) is 4.96. The van der Waals surface area contributed by atoms with E-state index in [4.69, 9.17) is 20.5 Å². The summed E-state index contributed by atoms with van der Waals surface area (Å²) in [5, 5.41) is 8.70. The number of hydrogen-bond acceptors (Lipinski definition) is 5. The van der Waals surface area contributed by atoms with E-state index in [1.807, 2.05) is 20.8 Å². The molecule has 0 saturated carbocycles. The Balaban J connectivity index is 3.43. The van der Waals surface area contributed by atoms with Crippen LogP contribution in [0.5, 0.6) is 11.8 Å². The van der Waals surface area contributed by atoms with E-state index >= 15 is 0 Å². The Kier molecular flexibility index (Phi) is 4.75. The second-order valence-electron chi connectivity index (χ2n) is 4.96. The standard InChI is InChI=1S/C13H19N5O2/c1-13(2,3)18(12(15)16-8-14)9-6-7-10(19-4)17-11(9)20-5/h6-7H,1-5H3,(H2,15,16). The number of nitriles is 1. The fraction of sp³-hybridized carbons (Fsp3) is 0.462. The summed E-state index contributed by atoms with van der Waals surface area (Å²) in [6.07, 6.45) is 1.69. The van der Waals surface area contributed by atoms with Gasteiger partial charge < -0.3 is 20.1 Å². The largest absolute Gasteiger partial charge is 0.481 e. The molecule has 0 atom stereocenters. The van der Waals surface area contributed by atoms with Gasteiger partial charge in [-0.2, -0.15) is 10.2 Å². The number of ether oxygens (including phenoxy) is 2.